The van der Waals surface area contributed by atoms with E-state index in [0.29, 0.717) is 12.1 Å². The van der Waals surface area contributed by atoms with Gasteiger partial charge in [0.25, 0.3) is 5.54 Å². The van der Waals surface area contributed by atoms with Gasteiger partial charge in [-0.1, -0.05) is 0 Å². The Bertz CT molecular complexity index is 1080. The zero-order valence-electron chi connectivity index (χ0n) is 18.9. The first-order valence-electron chi connectivity index (χ1n) is 9.58. The van der Waals surface area contributed by atoms with Crippen molar-refractivity contribution < 1.29 is 92.5 Å². The molecule has 0 bridgehead atoms. The summed E-state index contributed by atoms with van der Waals surface area (Å²) in [6.07, 6.45) is -45.1. The molecule has 0 radical (unpaired) electrons. The minimum atomic E-state index is -7.71. The van der Waals surface area contributed by atoms with Crippen LogP contribution in [0, 0.1) is 5.92 Å². The molecule has 0 unspecified atom stereocenters. The lowest BCUT2D eigenvalue weighted by Crippen LogP contribution is -2.64. The van der Waals surface area contributed by atoms with Crippen LogP contribution in [0.4, 0.5) is 93.5 Å². The second-order valence-corrected chi connectivity index (χ2v) is 7.52. The fourth-order valence-electron chi connectivity index (χ4n) is 3.14. The molecule has 1 aromatic carbocycles. The van der Waals surface area contributed by atoms with Crippen molar-refractivity contribution in [3.05, 3.63) is 47.1 Å². The third-order valence-electron chi connectivity index (χ3n) is 4.80. The molecule has 0 aliphatic heterocycles. The molecule has 2 nitrogen and oxygen atoms in total. The number of halogens is 20. The van der Waals surface area contributed by atoms with E-state index in [4.69, 9.17) is 0 Å². The van der Waals surface area contributed by atoms with Crippen molar-refractivity contribution in [2.24, 2.45) is 5.92 Å². The highest BCUT2D eigenvalue weighted by Crippen LogP contribution is 2.58. The molecule has 0 saturated carbocycles. The van der Waals surface area contributed by atoms with Gasteiger partial charge in [-0.15, -0.1) is 0 Å². The van der Waals surface area contributed by atoms with Gasteiger partial charge in [0.15, 0.2) is 5.57 Å². The predicted molar refractivity (Wildman–Crippen MR) is 95.4 cm³/mol. The molecule has 0 heterocycles. The van der Waals surface area contributed by atoms with E-state index in [1.165, 1.54) is 0 Å². The largest absolute Gasteiger partial charge is 0.497 e. The summed E-state index contributed by atoms with van der Waals surface area (Å²) in [5, 5.41) is 0.0542. The SMILES string of the molecule is COc1ccc(NC(C(C(F)=C(C(F)(F)F)C(F)(F)F)=C(F)C(C(F)(F)F)C(F)(F)F)(C(F)(F)F)C(F)(F)F)cc1. The summed E-state index contributed by atoms with van der Waals surface area (Å²) in [4.78, 5) is 0. The number of hydrogen-bond donors (Lipinski definition) is 1. The van der Waals surface area contributed by atoms with Crippen molar-refractivity contribution in [3.8, 4) is 5.75 Å². The standard InChI is InChI=1S/C19H9F20NO/c1-41-7-4-2-6(3-5-7)40-13(18(34,35)36,19(37,38)39)8(9(20)11(14(22,23)24)15(25,26)27)10(21)12(16(28,29)30)17(31,32)33/h2-5,11,40H,1H3. The number of alkyl halides is 18. The number of benzene rings is 1. The summed E-state index contributed by atoms with van der Waals surface area (Å²) in [7, 11) is 0.846. The normalized spacial score (nSPS) is 15.1. The number of allylic oxidation sites excluding steroid dienone is 2. The van der Waals surface area contributed by atoms with Gasteiger partial charge in [-0.25, -0.2) is 8.78 Å². The van der Waals surface area contributed by atoms with E-state index < -0.39 is 82.8 Å². The van der Waals surface area contributed by atoms with Gasteiger partial charge in [0, 0.05) is 5.69 Å². The van der Waals surface area contributed by atoms with Crippen LogP contribution in [0.25, 0.3) is 0 Å². The highest BCUT2D eigenvalue weighted by molar-refractivity contribution is 5.58. The number of rotatable bonds is 6. The van der Waals surface area contributed by atoms with Gasteiger partial charge in [-0.2, -0.15) is 79.0 Å². The van der Waals surface area contributed by atoms with E-state index in [2.05, 4.69) is 4.74 Å². The summed E-state index contributed by atoms with van der Waals surface area (Å²) < 4.78 is 275. The third kappa shape index (κ3) is 7.41. The van der Waals surface area contributed by atoms with Crippen LogP contribution in [-0.2, 0) is 0 Å². The summed E-state index contributed by atoms with van der Waals surface area (Å²) in [6, 6.07) is 0.941. The number of ether oxygens (including phenoxy) is 1. The van der Waals surface area contributed by atoms with Crippen LogP contribution in [0.3, 0.4) is 0 Å². The summed E-state index contributed by atoms with van der Waals surface area (Å²) in [5.41, 5.74) is -19.0. The Hall–Kier alpha value is -3.10. The Kier molecular flexibility index (Phi) is 9.60. The van der Waals surface area contributed by atoms with E-state index in [0.717, 1.165) is 7.11 Å². The molecule has 0 aliphatic rings. The maximum Gasteiger partial charge on any atom is 0.424 e. The van der Waals surface area contributed by atoms with Crippen molar-refractivity contribution in [2.45, 2.75) is 42.6 Å². The van der Waals surface area contributed by atoms with Crippen LogP contribution >= 0.6 is 0 Å². The Morgan fingerprint density at radius 1 is 0.634 bits per heavy atom. The molecule has 0 aromatic heterocycles. The van der Waals surface area contributed by atoms with E-state index in [1.807, 2.05) is 0 Å². The topological polar surface area (TPSA) is 21.3 Å². The first-order chi connectivity index (χ1) is 17.9. The lowest BCUT2D eigenvalue weighted by atomic mass is 9.81. The van der Waals surface area contributed by atoms with Crippen LogP contribution in [-0.4, -0.2) is 49.7 Å². The summed E-state index contributed by atoms with van der Waals surface area (Å²) in [6.45, 7) is 0. The van der Waals surface area contributed by atoms with Gasteiger partial charge in [-0.05, 0) is 24.3 Å². The molecule has 1 N–H and O–H groups in total. The van der Waals surface area contributed by atoms with Gasteiger partial charge in [0.05, 0.1) is 12.7 Å². The maximum atomic E-state index is 14.9. The average Bonchev–Trinajstić information content (AvgIpc) is 2.67. The fraction of sp³-hybridized carbons (Fsp3) is 0.474. The number of hydrogen-bond acceptors (Lipinski definition) is 2. The Morgan fingerprint density at radius 3 is 1.27 bits per heavy atom. The Labute approximate surface area is 213 Å². The summed E-state index contributed by atoms with van der Waals surface area (Å²) in [5.74, 6) is -16.9. The molecule has 0 atom stereocenters. The van der Waals surface area contributed by atoms with Crippen LogP contribution in [0.2, 0.25) is 0 Å². The van der Waals surface area contributed by atoms with Crippen LogP contribution in [0.1, 0.15) is 0 Å². The minimum Gasteiger partial charge on any atom is -0.497 e. The molecule has 1 rings (SSSR count). The quantitative estimate of drug-likeness (QED) is 0.246. The lowest BCUT2D eigenvalue weighted by Gasteiger charge is -2.41. The molecule has 236 valence electrons. The smallest absolute Gasteiger partial charge is 0.424 e. The minimum absolute atomic E-state index is 0.0433. The van der Waals surface area contributed by atoms with Gasteiger partial charge in [0.1, 0.15) is 17.4 Å². The second kappa shape index (κ2) is 11.0. The van der Waals surface area contributed by atoms with Crippen molar-refractivity contribution >= 4 is 5.69 Å². The van der Waals surface area contributed by atoms with E-state index in [9.17, 15) is 87.8 Å². The molecule has 0 amide bonds. The average molecular weight is 647 g/mol. The fourth-order valence-corrected chi connectivity index (χ4v) is 3.14. The van der Waals surface area contributed by atoms with Crippen LogP contribution in [0.5, 0.6) is 5.75 Å². The first-order valence-corrected chi connectivity index (χ1v) is 9.58. The molecular weight excluding hydrogens is 638 g/mol. The van der Waals surface area contributed by atoms with Gasteiger partial charge in [0.2, 0.25) is 5.92 Å². The third-order valence-corrected chi connectivity index (χ3v) is 4.80. The Balaban J connectivity index is 4.72. The molecule has 0 spiro atoms. The highest BCUT2D eigenvalue weighted by atomic mass is 19.4. The molecular formula is C19H9F20NO. The van der Waals surface area contributed by atoms with Gasteiger partial charge < -0.3 is 10.1 Å². The van der Waals surface area contributed by atoms with E-state index in [-0.39, 0.29) is 17.4 Å². The molecule has 0 fully saturated rings. The highest BCUT2D eigenvalue weighted by Gasteiger charge is 2.77. The number of methoxy groups -OCH3 is 1. The zero-order chi connectivity index (χ0) is 32.8. The van der Waals surface area contributed by atoms with Crippen molar-refractivity contribution in [1.82, 2.24) is 0 Å². The maximum absolute atomic E-state index is 14.9. The second-order valence-electron chi connectivity index (χ2n) is 7.52. The monoisotopic (exact) mass is 647 g/mol. The van der Waals surface area contributed by atoms with E-state index in [1.54, 1.807) is 0 Å². The summed E-state index contributed by atoms with van der Waals surface area (Å²) >= 11 is 0. The lowest BCUT2D eigenvalue weighted by molar-refractivity contribution is -0.285. The van der Waals surface area contributed by atoms with Gasteiger partial charge >= 0.3 is 37.1 Å². The zero-order valence-corrected chi connectivity index (χ0v) is 18.9. The van der Waals surface area contributed by atoms with E-state index >= 15 is 0 Å². The molecule has 0 aliphatic carbocycles. The Morgan fingerprint density at radius 2 is 1.00 bits per heavy atom. The van der Waals surface area contributed by atoms with Crippen molar-refractivity contribution in [1.29, 1.82) is 0 Å². The first kappa shape index (κ1) is 35.9. The van der Waals surface area contributed by atoms with Gasteiger partial charge in [-0.3, -0.25) is 0 Å². The number of anilines is 1. The predicted octanol–water partition coefficient (Wildman–Crippen LogP) is 9.28. The van der Waals surface area contributed by atoms with Crippen LogP contribution in [0.15, 0.2) is 47.1 Å². The van der Waals surface area contributed by atoms with Crippen molar-refractivity contribution in [3.63, 3.8) is 0 Å². The number of nitrogens with one attached hydrogen (secondary N) is 1. The molecule has 41 heavy (non-hydrogen) atoms. The molecule has 1 aromatic rings. The van der Waals surface area contributed by atoms with Crippen LogP contribution < -0.4 is 10.1 Å². The molecule has 22 heteroatoms. The molecule has 0 saturated heterocycles. The van der Waals surface area contributed by atoms with Crippen molar-refractivity contribution in [2.75, 3.05) is 12.4 Å².